The molecule has 0 radical (unpaired) electrons. The Labute approximate surface area is 102 Å². The van der Waals surface area contributed by atoms with Crippen molar-refractivity contribution < 1.29 is 8.78 Å². The summed E-state index contributed by atoms with van der Waals surface area (Å²) < 4.78 is 28.6. The highest BCUT2D eigenvalue weighted by Gasteiger charge is 2.48. The molecule has 0 aromatic heterocycles. The lowest BCUT2D eigenvalue weighted by Crippen LogP contribution is -2.46. The molecule has 1 aliphatic rings. The molecule has 0 unspecified atom stereocenters. The summed E-state index contributed by atoms with van der Waals surface area (Å²) in [7, 11) is 0. The largest absolute Gasteiger partial charge is 0.244 e. The van der Waals surface area contributed by atoms with Crippen molar-refractivity contribution >= 4 is 0 Å². The quantitative estimate of drug-likeness (QED) is 0.695. The SMILES string of the molecule is CC(C)(F)C1(c2ccccc2F)CCCCC1. The Hall–Kier alpha value is -0.920. The van der Waals surface area contributed by atoms with Gasteiger partial charge in [-0.25, -0.2) is 8.78 Å². The maximum Gasteiger partial charge on any atom is 0.127 e. The maximum atomic E-state index is 14.6. The first-order valence-electron chi connectivity index (χ1n) is 6.41. The molecule has 0 aliphatic heterocycles. The van der Waals surface area contributed by atoms with Crippen molar-refractivity contribution in [3.8, 4) is 0 Å². The van der Waals surface area contributed by atoms with E-state index in [0.717, 1.165) is 32.1 Å². The van der Waals surface area contributed by atoms with E-state index in [9.17, 15) is 8.78 Å². The normalized spacial score (nSPS) is 20.2. The smallest absolute Gasteiger partial charge is 0.127 e. The molecule has 0 N–H and O–H groups in total. The third kappa shape index (κ3) is 2.10. The lowest BCUT2D eigenvalue weighted by atomic mass is 9.61. The Morgan fingerprint density at radius 3 is 2.18 bits per heavy atom. The minimum absolute atomic E-state index is 0.264. The molecular formula is C15H20F2. The van der Waals surface area contributed by atoms with E-state index in [4.69, 9.17) is 0 Å². The summed E-state index contributed by atoms with van der Waals surface area (Å²) in [6.07, 6.45) is 4.60. The molecule has 0 amide bonds. The lowest BCUT2D eigenvalue weighted by Gasteiger charge is -2.45. The summed E-state index contributed by atoms with van der Waals surface area (Å²) in [6, 6.07) is 6.67. The first kappa shape index (κ1) is 12.5. The van der Waals surface area contributed by atoms with Crippen LogP contribution in [0, 0.1) is 5.82 Å². The van der Waals surface area contributed by atoms with Gasteiger partial charge >= 0.3 is 0 Å². The number of benzene rings is 1. The fourth-order valence-electron chi connectivity index (χ4n) is 3.19. The van der Waals surface area contributed by atoms with Gasteiger partial charge in [-0.15, -0.1) is 0 Å². The van der Waals surface area contributed by atoms with Gasteiger partial charge < -0.3 is 0 Å². The average Bonchev–Trinajstić information content (AvgIpc) is 2.29. The summed E-state index contributed by atoms with van der Waals surface area (Å²) in [5.41, 5.74) is -1.46. The maximum absolute atomic E-state index is 14.6. The zero-order valence-corrected chi connectivity index (χ0v) is 10.6. The van der Waals surface area contributed by atoms with Crippen LogP contribution in [0.2, 0.25) is 0 Å². The standard InChI is InChI=1S/C15H20F2/c1-14(2,17)15(10-6-3-7-11-15)12-8-4-5-9-13(12)16/h4-5,8-9H,3,6-7,10-11H2,1-2H3. The van der Waals surface area contributed by atoms with E-state index >= 15 is 0 Å². The average molecular weight is 238 g/mol. The van der Waals surface area contributed by atoms with E-state index in [-0.39, 0.29) is 5.82 Å². The highest BCUT2D eigenvalue weighted by Crippen LogP contribution is 2.49. The van der Waals surface area contributed by atoms with Gasteiger partial charge in [0.05, 0.1) is 0 Å². The zero-order valence-electron chi connectivity index (χ0n) is 10.6. The highest BCUT2D eigenvalue weighted by atomic mass is 19.1. The third-order valence-electron chi connectivity index (χ3n) is 4.23. The van der Waals surface area contributed by atoms with E-state index in [1.54, 1.807) is 32.0 Å². The van der Waals surface area contributed by atoms with Crippen molar-refractivity contribution in [1.82, 2.24) is 0 Å². The second-order valence-electron chi connectivity index (χ2n) is 5.60. The Balaban J connectivity index is 2.51. The van der Waals surface area contributed by atoms with Gasteiger partial charge in [0.15, 0.2) is 0 Å². The number of hydrogen-bond acceptors (Lipinski definition) is 0. The van der Waals surface area contributed by atoms with Crippen molar-refractivity contribution in [2.75, 3.05) is 0 Å². The summed E-state index contributed by atoms with van der Waals surface area (Å²) in [5, 5.41) is 0. The van der Waals surface area contributed by atoms with Gasteiger partial charge in [-0.05, 0) is 38.3 Å². The van der Waals surface area contributed by atoms with Crippen molar-refractivity contribution in [3.63, 3.8) is 0 Å². The van der Waals surface area contributed by atoms with Crippen LogP contribution < -0.4 is 0 Å². The summed E-state index contributed by atoms with van der Waals surface area (Å²) in [6.45, 7) is 3.18. The van der Waals surface area contributed by atoms with E-state index in [1.165, 1.54) is 6.07 Å². The number of hydrogen-bond donors (Lipinski definition) is 0. The van der Waals surface area contributed by atoms with Crippen LogP contribution in [0.5, 0.6) is 0 Å². The molecule has 0 atom stereocenters. The van der Waals surface area contributed by atoms with Crippen LogP contribution in [0.3, 0.4) is 0 Å². The second kappa shape index (κ2) is 4.40. The van der Waals surface area contributed by atoms with Crippen LogP contribution in [0.15, 0.2) is 24.3 Å². The summed E-state index contributed by atoms with van der Waals surface area (Å²) >= 11 is 0. The van der Waals surface area contributed by atoms with Crippen LogP contribution >= 0.6 is 0 Å². The molecule has 0 nitrogen and oxygen atoms in total. The Kier molecular flexibility index (Phi) is 3.24. The first-order chi connectivity index (χ1) is 7.97. The minimum Gasteiger partial charge on any atom is -0.244 e. The number of alkyl halides is 1. The number of halogens is 2. The van der Waals surface area contributed by atoms with Crippen molar-refractivity contribution in [1.29, 1.82) is 0 Å². The molecule has 0 bridgehead atoms. The molecule has 1 aliphatic carbocycles. The molecule has 0 spiro atoms. The van der Waals surface area contributed by atoms with Crippen molar-refractivity contribution in [3.05, 3.63) is 35.6 Å². The van der Waals surface area contributed by atoms with Gasteiger partial charge in [0, 0.05) is 5.41 Å². The molecule has 1 fully saturated rings. The topological polar surface area (TPSA) is 0 Å². The van der Waals surface area contributed by atoms with Crippen LogP contribution in [0.1, 0.15) is 51.5 Å². The van der Waals surface area contributed by atoms with Crippen LogP contribution in [-0.4, -0.2) is 5.67 Å². The Bertz CT molecular complexity index is 384. The van der Waals surface area contributed by atoms with Crippen molar-refractivity contribution in [2.45, 2.75) is 57.0 Å². The molecule has 1 aromatic rings. The summed E-state index contributed by atoms with van der Waals surface area (Å²) in [4.78, 5) is 0. The minimum atomic E-state index is -1.38. The number of rotatable bonds is 2. The van der Waals surface area contributed by atoms with E-state index in [1.807, 2.05) is 0 Å². The first-order valence-corrected chi connectivity index (χ1v) is 6.41. The molecule has 94 valence electrons. The van der Waals surface area contributed by atoms with Gasteiger partial charge in [-0.3, -0.25) is 0 Å². The monoisotopic (exact) mass is 238 g/mol. The van der Waals surface area contributed by atoms with Crippen LogP contribution in [0.4, 0.5) is 8.78 Å². The van der Waals surface area contributed by atoms with Crippen molar-refractivity contribution in [2.24, 2.45) is 0 Å². The lowest BCUT2D eigenvalue weighted by molar-refractivity contribution is 0.0537. The second-order valence-corrected chi connectivity index (χ2v) is 5.60. The predicted molar refractivity (Wildman–Crippen MR) is 66.4 cm³/mol. The van der Waals surface area contributed by atoms with E-state index in [2.05, 4.69) is 0 Å². The summed E-state index contributed by atoms with van der Waals surface area (Å²) in [5.74, 6) is -0.264. The van der Waals surface area contributed by atoms with Gasteiger partial charge in [0.2, 0.25) is 0 Å². The van der Waals surface area contributed by atoms with Gasteiger partial charge in [0.1, 0.15) is 11.5 Å². The third-order valence-corrected chi connectivity index (χ3v) is 4.23. The van der Waals surface area contributed by atoms with E-state index in [0.29, 0.717) is 5.56 Å². The molecule has 17 heavy (non-hydrogen) atoms. The fourth-order valence-corrected chi connectivity index (χ4v) is 3.19. The van der Waals surface area contributed by atoms with Gasteiger partial charge in [-0.1, -0.05) is 37.5 Å². The van der Waals surface area contributed by atoms with Gasteiger partial charge in [-0.2, -0.15) is 0 Å². The molecule has 2 rings (SSSR count). The Morgan fingerprint density at radius 2 is 1.65 bits per heavy atom. The van der Waals surface area contributed by atoms with E-state index < -0.39 is 11.1 Å². The fraction of sp³-hybridized carbons (Fsp3) is 0.600. The molecule has 1 saturated carbocycles. The Morgan fingerprint density at radius 1 is 1.06 bits per heavy atom. The molecule has 0 saturated heterocycles. The zero-order chi connectivity index (χ0) is 12.5. The molecular weight excluding hydrogens is 218 g/mol. The molecule has 1 aromatic carbocycles. The van der Waals surface area contributed by atoms with Gasteiger partial charge in [0.25, 0.3) is 0 Å². The molecule has 2 heteroatoms. The highest BCUT2D eigenvalue weighted by molar-refractivity contribution is 5.31. The molecule has 0 heterocycles. The predicted octanol–water partition coefficient (Wildman–Crippen LogP) is 4.78. The van der Waals surface area contributed by atoms with Crippen LogP contribution in [-0.2, 0) is 5.41 Å². The van der Waals surface area contributed by atoms with Crippen LogP contribution in [0.25, 0.3) is 0 Å².